The van der Waals surface area contributed by atoms with E-state index in [9.17, 15) is 4.79 Å². The molecule has 0 saturated carbocycles. The number of benzene rings is 1. The van der Waals surface area contributed by atoms with Crippen molar-refractivity contribution in [3.8, 4) is 0 Å². The van der Waals surface area contributed by atoms with Crippen molar-refractivity contribution < 1.29 is 9.53 Å². The highest BCUT2D eigenvalue weighted by atomic mass is 16.6. The average Bonchev–Trinajstić information content (AvgIpc) is 2.48. The zero-order chi connectivity index (χ0) is 15.2. The fraction of sp³-hybridized carbons (Fsp3) is 0.312. The predicted molar refractivity (Wildman–Crippen MR) is 79.9 cm³/mol. The van der Waals surface area contributed by atoms with Crippen LogP contribution in [0.1, 0.15) is 29.8 Å². The second-order valence-corrected chi connectivity index (χ2v) is 4.99. The van der Waals surface area contributed by atoms with E-state index in [4.69, 9.17) is 4.74 Å². The highest BCUT2D eigenvalue weighted by molar-refractivity contribution is 5.67. The van der Waals surface area contributed by atoms with Crippen molar-refractivity contribution in [2.45, 2.75) is 19.4 Å². The van der Waals surface area contributed by atoms with E-state index in [0.717, 1.165) is 16.8 Å². The van der Waals surface area contributed by atoms with Crippen LogP contribution in [0.5, 0.6) is 0 Å². The van der Waals surface area contributed by atoms with Gasteiger partial charge in [-0.3, -0.25) is 9.97 Å². The summed E-state index contributed by atoms with van der Waals surface area (Å²) in [5.74, 6) is 0. The Bertz CT molecular complexity index is 599. The van der Waals surface area contributed by atoms with E-state index in [1.54, 1.807) is 32.7 Å². The molecule has 0 spiro atoms. The molecule has 110 valence electrons. The Kier molecular flexibility index (Phi) is 4.87. The Morgan fingerprint density at radius 3 is 2.71 bits per heavy atom. The second kappa shape index (κ2) is 6.83. The molecule has 2 aromatic rings. The molecule has 0 radical (unpaired) electrons. The first-order valence-corrected chi connectivity index (χ1v) is 6.78. The number of nitrogens with zero attached hydrogens (tertiary/aromatic N) is 3. The number of aromatic nitrogens is 2. The molecule has 0 aliphatic rings. The lowest BCUT2D eigenvalue weighted by atomic mass is 9.99. The van der Waals surface area contributed by atoms with Crippen molar-refractivity contribution >= 4 is 6.09 Å². The monoisotopic (exact) mass is 285 g/mol. The van der Waals surface area contributed by atoms with Gasteiger partial charge in [0.25, 0.3) is 0 Å². The highest BCUT2D eigenvalue weighted by Gasteiger charge is 2.16. The summed E-state index contributed by atoms with van der Waals surface area (Å²) >= 11 is 0. The van der Waals surface area contributed by atoms with Crippen molar-refractivity contribution in [2.24, 2.45) is 0 Å². The van der Waals surface area contributed by atoms with E-state index in [1.165, 1.54) is 4.90 Å². The predicted octanol–water partition coefficient (Wildman–Crippen LogP) is 2.83. The molecule has 21 heavy (non-hydrogen) atoms. The van der Waals surface area contributed by atoms with Crippen LogP contribution in [0.2, 0.25) is 0 Å². The lowest BCUT2D eigenvalue weighted by Gasteiger charge is -2.19. The second-order valence-electron chi connectivity index (χ2n) is 4.99. The van der Waals surface area contributed by atoms with Crippen LogP contribution in [0, 0.1) is 0 Å². The average molecular weight is 285 g/mol. The summed E-state index contributed by atoms with van der Waals surface area (Å²) < 4.78 is 5.43. The van der Waals surface area contributed by atoms with E-state index in [-0.39, 0.29) is 12.2 Å². The zero-order valence-electron chi connectivity index (χ0n) is 12.5. The molecule has 2 rings (SSSR count). The number of amides is 1. The summed E-state index contributed by atoms with van der Waals surface area (Å²) in [6.07, 6.45) is 5.07. The number of carbonyl (C=O) groups is 1. The van der Waals surface area contributed by atoms with Gasteiger partial charge in [0.2, 0.25) is 0 Å². The summed E-state index contributed by atoms with van der Waals surface area (Å²) in [5.41, 5.74) is 2.95. The van der Waals surface area contributed by atoms with E-state index in [1.807, 2.05) is 31.2 Å². The molecule has 1 heterocycles. The molecular weight excluding hydrogens is 266 g/mol. The van der Waals surface area contributed by atoms with Gasteiger partial charge < -0.3 is 9.64 Å². The largest absolute Gasteiger partial charge is 0.442 e. The van der Waals surface area contributed by atoms with Gasteiger partial charge in [-0.2, -0.15) is 0 Å². The zero-order valence-corrected chi connectivity index (χ0v) is 12.5. The molecule has 0 aliphatic carbocycles. The summed E-state index contributed by atoms with van der Waals surface area (Å²) in [5, 5.41) is 0. The van der Waals surface area contributed by atoms with Crippen LogP contribution in [-0.4, -0.2) is 35.1 Å². The molecule has 5 heteroatoms. The van der Waals surface area contributed by atoms with E-state index < -0.39 is 0 Å². The molecular formula is C16H19N3O2. The van der Waals surface area contributed by atoms with Crippen LogP contribution in [0.3, 0.4) is 0 Å². The van der Waals surface area contributed by atoms with Gasteiger partial charge in [0, 0.05) is 39.1 Å². The lowest BCUT2D eigenvalue weighted by molar-refractivity contribution is 0.0823. The first-order chi connectivity index (χ1) is 10.1. The van der Waals surface area contributed by atoms with Gasteiger partial charge in [-0.15, -0.1) is 0 Å². The summed E-state index contributed by atoms with van der Waals surface area (Å²) in [4.78, 5) is 21.5. The van der Waals surface area contributed by atoms with Crippen molar-refractivity contribution in [2.75, 3.05) is 14.1 Å². The minimum Gasteiger partial charge on any atom is -0.442 e. The Hall–Kier alpha value is -2.43. The number of rotatable bonds is 4. The van der Waals surface area contributed by atoms with Crippen molar-refractivity contribution in [3.63, 3.8) is 0 Å². The number of hydrogen-bond donors (Lipinski definition) is 0. The maximum atomic E-state index is 11.7. The fourth-order valence-corrected chi connectivity index (χ4v) is 2.03. The standard InChI is InChI=1S/C16H19N3O2/c1-12(21-16(20)19(2)3)15-7-5-4-6-13(15)10-14-11-17-8-9-18-14/h4-9,11-12H,10H2,1-3H3. The Morgan fingerprint density at radius 2 is 2.05 bits per heavy atom. The van der Waals surface area contributed by atoms with Crippen LogP contribution in [0.15, 0.2) is 42.9 Å². The third kappa shape index (κ3) is 4.02. The first kappa shape index (κ1) is 15.0. The van der Waals surface area contributed by atoms with Gasteiger partial charge in [0.1, 0.15) is 6.10 Å². The molecule has 1 aromatic heterocycles. The van der Waals surface area contributed by atoms with Gasteiger partial charge >= 0.3 is 6.09 Å². The lowest BCUT2D eigenvalue weighted by Crippen LogP contribution is -2.24. The Morgan fingerprint density at radius 1 is 1.29 bits per heavy atom. The number of ether oxygens (including phenoxy) is 1. The molecule has 0 fully saturated rings. The van der Waals surface area contributed by atoms with Crippen LogP contribution < -0.4 is 0 Å². The Balaban J connectivity index is 2.18. The van der Waals surface area contributed by atoms with Crippen LogP contribution >= 0.6 is 0 Å². The van der Waals surface area contributed by atoms with E-state index in [0.29, 0.717) is 6.42 Å². The van der Waals surface area contributed by atoms with Crippen LogP contribution in [-0.2, 0) is 11.2 Å². The molecule has 1 aromatic carbocycles. The van der Waals surface area contributed by atoms with Crippen molar-refractivity contribution in [1.29, 1.82) is 0 Å². The summed E-state index contributed by atoms with van der Waals surface area (Å²) in [7, 11) is 3.33. The molecule has 0 saturated heterocycles. The van der Waals surface area contributed by atoms with Crippen LogP contribution in [0.25, 0.3) is 0 Å². The third-order valence-electron chi connectivity index (χ3n) is 3.12. The maximum absolute atomic E-state index is 11.7. The smallest absolute Gasteiger partial charge is 0.409 e. The van der Waals surface area contributed by atoms with Gasteiger partial charge in [-0.25, -0.2) is 4.79 Å². The Labute approximate surface area is 124 Å². The SMILES string of the molecule is CC(OC(=O)N(C)C)c1ccccc1Cc1cnccn1. The van der Waals surface area contributed by atoms with Gasteiger partial charge in [0.15, 0.2) is 0 Å². The molecule has 0 N–H and O–H groups in total. The quantitative estimate of drug-likeness (QED) is 0.866. The summed E-state index contributed by atoms with van der Waals surface area (Å²) in [6, 6.07) is 7.90. The maximum Gasteiger partial charge on any atom is 0.409 e. The topological polar surface area (TPSA) is 55.3 Å². The minimum atomic E-state index is -0.350. The van der Waals surface area contributed by atoms with Gasteiger partial charge in [-0.05, 0) is 18.1 Å². The highest BCUT2D eigenvalue weighted by Crippen LogP contribution is 2.23. The van der Waals surface area contributed by atoms with E-state index in [2.05, 4.69) is 9.97 Å². The molecule has 1 amide bonds. The molecule has 0 aliphatic heterocycles. The van der Waals surface area contributed by atoms with Crippen molar-refractivity contribution in [1.82, 2.24) is 14.9 Å². The van der Waals surface area contributed by atoms with E-state index >= 15 is 0 Å². The minimum absolute atomic E-state index is 0.312. The normalized spacial score (nSPS) is 11.8. The third-order valence-corrected chi connectivity index (χ3v) is 3.12. The summed E-state index contributed by atoms with van der Waals surface area (Å²) in [6.45, 7) is 1.87. The van der Waals surface area contributed by atoms with Crippen LogP contribution in [0.4, 0.5) is 4.79 Å². The van der Waals surface area contributed by atoms with Gasteiger partial charge in [0.05, 0.1) is 5.69 Å². The molecule has 0 bridgehead atoms. The number of carbonyl (C=O) groups excluding carboxylic acids is 1. The molecule has 5 nitrogen and oxygen atoms in total. The molecule has 1 atom stereocenters. The van der Waals surface area contributed by atoms with Gasteiger partial charge in [-0.1, -0.05) is 24.3 Å². The fourth-order valence-electron chi connectivity index (χ4n) is 2.03. The first-order valence-electron chi connectivity index (χ1n) is 6.78. The molecule has 1 unspecified atom stereocenters. The number of hydrogen-bond acceptors (Lipinski definition) is 4. The van der Waals surface area contributed by atoms with Crippen molar-refractivity contribution in [3.05, 3.63) is 59.7 Å².